The monoisotopic (exact) mass is 326 g/mol. The molecular formula is C12H17F3N2O3S. The molecule has 3 N–H and O–H groups in total. The molecule has 0 saturated heterocycles. The van der Waals surface area contributed by atoms with E-state index in [1.54, 1.807) is 0 Å². The lowest BCUT2D eigenvalue weighted by Crippen LogP contribution is -2.50. The third kappa shape index (κ3) is 4.18. The number of aliphatic carboxylic acids is 1. The number of amides is 2. The molecule has 2 saturated carbocycles. The van der Waals surface area contributed by atoms with Gasteiger partial charge in [-0.05, 0) is 42.9 Å². The van der Waals surface area contributed by atoms with Gasteiger partial charge < -0.3 is 15.7 Å². The highest BCUT2D eigenvalue weighted by atomic mass is 32.2. The standard InChI is InChI=1S/C12H17F3N2O3S/c13-12(14,15)21-4-3-16-11(20)17-9-7-2-1-6(5-7)8(9)10(18)19/h6-9H,1-5H2,(H,18,19)(H2,16,17,20). The Bertz CT molecular complexity index is 419. The van der Waals surface area contributed by atoms with Crippen LogP contribution in [0.5, 0.6) is 0 Å². The Kier molecular flexibility index (Phi) is 4.90. The van der Waals surface area contributed by atoms with Gasteiger partial charge in [0.15, 0.2) is 0 Å². The number of carbonyl (C=O) groups is 2. The minimum absolute atomic E-state index is 0.0959. The molecule has 2 rings (SSSR count). The first-order valence-corrected chi connectivity index (χ1v) is 7.74. The molecule has 21 heavy (non-hydrogen) atoms. The molecule has 2 aliphatic carbocycles. The molecule has 2 aliphatic rings. The van der Waals surface area contributed by atoms with Crippen molar-refractivity contribution < 1.29 is 27.9 Å². The van der Waals surface area contributed by atoms with Gasteiger partial charge in [0, 0.05) is 18.3 Å². The lowest BCUT2D eigenvalue weighted by atomic mass is 9.84. The molecule has 2 fully saturated rings. The van der Waals surface area contributed by atoms with Gasteiger partial charge in [-0.1, -0.05) is 0 Å². The molecule has 0 radical (unpaired) electrons. The summed E-state index contributed by atoms with van der Waals surface area (Å²) in [4.78, 5) is 22.9. The Morgan fingerprint density at radius 2 is 1.90 bits per heavy atom. The lowest BCUT2D eigenvalue weighted by molar-refractivity contribution is -0.144. The third-order valence-corrected chi connectivity index (χ3v) is 4.89. The number of hydrogen-bond donors (Lipinski definition) is 3. The zero-order valence-electron chi connectivity index (χ0n) is 11.2. The summed E-state index contributed by atoms with van der Waals surface area (Å²) in [5, 5.41) is 14.2. The number of rotatable bonds is 5. The number of carboxylic acid groups (broad SMARTS) is 1. The van der Waals surface area contributed by atoms with Crippen LogP contribution >= 0.6 is 11.8 Å². The van der Waals surface area contributed by atoms with Gasteiger partial charge in [-0.3, -0.25) is 4.79 Å². The molecule has 5 nitrogen and oxygen atoms in total. The Hall–Kier alpha value is -1.12. The molecule has 0 aromatic carbocycles. The first kappa shape index (κ1) is 16.3. The zero-order valence-corrected chi connectivity index (χ0v) is 12.0. The van der Waals surface area contributed by atoms with Crippen LogP contribution in [0.25, 0.3) is 0 Å². The van der Waals surface area contributed by atoms with Crippen LogP contribution in [0.15, 0.2) is 0 Å². The van der Waals surface area contributed by atoms with E-state index >= 15 is 0 Å². The smallest absolute Gasteiger partial charge is 0.441 e. The number of carboxylic acids is 1. The van der Waals surface area contributed by atoms with Crippen LogP contribution in [0.3, 0.4) is 0 Å². The summed E-state index contributed by atoms with van der Waals surface area (Å²) in [6, 6.07) is -1.02. The number of nitrogens with one attached hydrogen (secondary N) is 2. The second-order valence-corrected chi connectivity index (χ2v) is 6.58. The summed E-state index contributed by atoms with van der Waals surface area (Å²) < 4.78 is 35.8. The minimum atomic E-state index is -4.31. The molecule has 0 spiro atoms. The van der Waals surface area contributed by atoms with Gasteiger partial charge in [0.25, 0.3) is 0 Å². The van der Waals surface area contributed by atoms with E-state index in [1.165, 1.54) is 0 Å². The summed E-state index contributed by atoms with van der Waals surface area (Å²) in [6.45, 7) is -0.117. The highest BCUT2D eigenvalue weighted by Crippen LogP contribution is 2.48. The predicted molar refractivity (Wildman–Crippen MR) is 70.8 cm³/mol. The molecule has 4 atom stereocenters. The zero-order chi connectivity index (χ0) is 15.6. The number of halogens is 3. The van der Waals surface area contributed by atoms with Crippen molar-refractivity contribution in [3.63, 3.8) is 0 Å². The van der Waals surface area contributed by atoms with Gasteiger partial charge in [0.1, 0.15) is 0 Å². The number of fused-ring (bicyclic) bond motifs is 2. The maximum absolute atomic E-state index is 11.9. The van der Waals surface area contributed by atoms with Crippen molar-refractivity contribution in [2.24, 2.45) is 17.8 Å². The van der Waals surface area contributed by atoms with Crippen molar-refractivity contribution in [1.29, 1.82) is 0 Å². The van der Waals surface area contributed by atoms with Crippen molar-refractivity contribution in [3.8, 4) is 0 Å². The fraction of sp³-hybridized carbons (Fsp3) is 0.833. The van der Waals surface area contributed by atoms with Crippen molar-refractivity contribution in [1.82, 2.24) is 10.6 Å². The largest absolute Gasteiger partial charge is 0.481 e. The van der Waals surface area contributed by atoms with Gasteiger partial charge in [-0.2, -0.15) is 13.2 Å². The first-order valence-electron chi connectivity index (χ1n) is 6.76. The average molecular weight is 326 g/mol. The predicted octanol–water partition coefficient (Wildman–Crippen LogP) is 2.04. The van der Waals surface area contributed by atoms with Crippen LogP contribution in [-0.4, -0.2) is 41.0 Å². The first-order chi connectivity index (χ1) is 9.78. The van der Waals surface area contributed by atoms with Crippen LogP contribution in [0, 0.1) is 17.8 Å². The molecule has 2 bridgehead atoms. The van der Waals surface area contributed by atoms with Crippen molar-refractivity contribution in [2.45, 2.75) is 30.8 Å². The Morgan fingerprint density at radius 3 is 2.52 bits per heavy atom. The van der Waals surface area contributed by atoms with Crippen LogP contribution in [0.4, 0.5) is 18.0 Å². The van der Waals surface area contributed by atoms with Gasteiger partial charge in [-0.15, -0.1) is 0 Å². The second kappa shape index (κ2) is 6.33. The van der Waals surface area contributed by atoms with Gasteiger partial charge in [-0.25, -0.2) is 4.79 Å². The summed E-state index contributed by atoms with van der Waals surface area (Å²) >= 11 is -0.201. The Morgan fingerprint density at radius 1 is 1.24 bits per heavy atom. The number of hydrogen-bond acceptors (Lipinski definition) is 3. The van der Waals surface area contributed by atoms with E-state index < -0.39 is 29.5 Å². The quantitative estimate of drug-likeness (QED) is 0.676. The maximum Gasteiger partial charge on any atom is 0.441 e. The number of urea groups is 1. The fourth-order valence-corrected chi connectivity index (χ4v) is 3.82. The lowest BCUT2D eigenvalue weighted by Gasteiger charge is -2.28. The normalized spacial score (nSPS) is 31.2. The number of thioether (sulfide) groups is 1. The molecule has 0 aromatic rings. The van der Waals surface area contributed by atoms with Gasteiger partial charge in [0.05, 0.1) is 5.92 Å². The summed E-state index contributed by atoms with van der Waals surface area (Å²) in [5.41, 5.74) is -4.31. The molecule has 0 aromatic heterocycles. The summed E-state index contributed by atoms with van der Waals surface area (Å²) in [7, 11) is 0. The molecule has 4 unspecified atom stereocenters. The van der Waals surface area contributed by atoms with E-state index in [1.807, 2.05) is 0 Å². The van der Waals surface area contributed by atoms with Crippen molar-refractivity contribution in [3.05, 3.63) is 0 Å². The molecule has 2 amide bonds. The molecular weight excluding hydrogens is 309 g/mol. The number of alkyl halides is 3. The number of carbonyl (C=O) groups excluding carboxylic acids is 1. The van der Waals surface area contributed by atoms with E-state index in [-0.39, 0.29) is 35.9 Å². The molecule has 0 heterocycles. The fourth-order valence-electron chi connectivity index (χ4n) is 3.39. The van der Waals surface area contributed by atoms with Crippen LogP contribution < -0.4 is 10.6 Å². The van der Waals surface area contributed by atoms with Crippen LogP contribution in [0.2, 0.25) is 0 Å². The van der Waals surface area contributed by atoms with Crippen molar-refractivity contribution in [2.75, 3.05) is 12.3 Å². The SMILES string of the molecule is O=C(NCCSC(F)(F)F)NC1C2CCC(C2)C1C(=O)O. The Labute approximate surface area is 124 Å². The minimum Gasteiger partial charge on any atom is -0.481 e. The molecule has 120 valence electrons. The highest BCUT2D eigenvalue weighted by Gasteiger charge is 2.51. The van der Waals surface area contributed by atoms with E-state index in [0.717, 1.165) is 19.3 Å². The van der Waals surface area contributed by atoms with Crippen LogP contribution in [0.1, 0.15) is 19.3 Å². The second-order valence-electron chi connectivity index (χ2n) is 5.42. The summed E-state index contributed by atoms with van der Waals surface area (Å²) in [6.07, 6.45) is 2.55. The van der Waals surface area contributed by atoms with Crippen molar-refractivity contribution >= 4 is 23.8 Å². The average Bonchev–Trinajstić information content (AvgIpc) is 2.94. The van der Waals surface area contributed by atoms with Crippen LogP contribution in [-0.2, 0) is 4.79 Å². The topological polar surface area (TPSA) is 78.4 Å². The van der Waals surface area contributed by atoms with E-state index in [2.05, 4.69) is 10.6 Å². The van der Waals surface area contributed by atoms with E-state index in [0.29, 0.717) is 0 Å². The maximum atomic E-state index is 11.9. The van der Waals surface area contributed by atoms with E-state index in [9.17, 15) is 27.9 Å². The Balaban J connectivity index is 1.76. The summed E-state index contributed by atoms with van der Waals surface area (Å²) in [5.74, 6) is -1.51. The van der Waals surface area contributed by atoms with E-state index in [4.69, 9.17) is 0 Å². The molecule has 0 aliphatic heterocycles. The van der Waals surface area contributed by atoms with Gasteiger partial charge in [0.2, 0.25) is 0 Å². The molecule has 9 heteroatoms. The van der Waals surface area contributed by atoms with Gasteiger partial charge >= 0.3 is 17.5 Å². The highest BCUT2D eigenvalue weighted by molar-refractivity contribution is 8.00. The third-order valence-electron chi connectivity index (χ3n) is 4.15.